The molecule has 0 N–H and O–H groups in total. The summed E-state index contributed by atoms with van der Waals surface area (Å²) in [5, 5.41) is 0. The van der Waals surface area contributed by atoms with E-state index in [4.69, 9.17) is 0 Å². The van der Waals surface area contributed by atoms with Crippen molar-refractivity contribution in [1.82, 2.24) is 0 Å². The molecule has 0 spiro atoms. The van der Waals surface area contributed by atoms with Crippen LogP contribution in [0.1, 0.15) is 84.5 Å². The van der Waals surface area contributed by atoms with Crippen LogP contribution in [0.3, 0.4) is 0 Å². The molecule has 114 valence electrons. The molecule has 0 heterocycles. The number of hydrogen-bond donors (Lipinski definition) is 0. The molecule has 0 atom stereocenters. The van der Waals surface area contributed by atoms with Crippen LogP contribution in [0.2, 0.25) is 0 Å². The fourth-order valence-corrected chi connectivity index (χ4v) is 4.52. The van der Waals surface area contributed by atoms with E-state index in [1.54, 1.807) is 6.92 Å². The zero-order valence-electron chi connectivity index (χ0n) is 13.2. The van der Waals surface area contributed by atoms with Gasteiger partial charge in [-0.15, -0.1) is 0 Å². The van der Waals surface area contributed by atoms with Crippen molar-refractivity contribution in [3.8, 4) is 0 Å². The minimum absolute atomic E-state index is 0.149. The number of Topliss-reactive ketones (excluding diaryl/α,β-unsaturated/α-hetero) is 2. The number of ketones is 2. The van der Waals surface area contributed by atoms with Gasteiger partial charge in [-0.2, -0.15) is 0 Å². The number of carbonyl (C=O) groups excluding carboxylic acids is 2. The lowest BCUT2D eigenvalue weighted by atomic mass is 9.58. The van der Waals surface area contributed by atoms with Gasteiger partial charge in [0.2, 0.25) is 0 Å². The van der Waals surface area contributed by atoms with E-state index in [1.165, 1.54) is 44.9 Å². The van der Waals surface area contributed by atoms with Crippen LogP contribution in [0, 0.1) is 17.3 Å². The molecule has 0 aromatic carbocycles. The van der Waals surface area contributed by atoms with Gasteiger partial charge in [-0.05, 0) is 44.4 Å². The first kappa shape index (κ1) is 15.7. The largest absolute Gasteiger partial charge is 0.300 e. The maximum absolute atomic E-state index is 12.3. The SMILES string of the molecule is CCCC[C@H]1CC[C@H](C2(C(C)=O)CCC(=O)CC2)CC1. The molecule has 2 aliphatic rings. The highest BCUT2D eigenvalue weighted by Crippen LogP contribution is 2.49. The lowest BCUT2D eigenvalue weighted by molar-refractivity contribution is -0.137. The first-order chi connectivity index (χ1) is 9.58. The molecule has 2 heteroatoms. The molecule has 0 aromatic rings. The van der Waals surface area contributed by atoms with Gasteiger partial charge in [0.15, 0.2) is 0 Å². The maximum atomic E-state index is 12.3. The van der Waals surface area contributed by atoms with Crippen molar-refractivity contribution >= 4 is 11.6 Å². The van der Waals surface area contributed by atoms with E-state index < -0.39 is 0 Å². The summed E-state index contributed by atoms with van der Waals surface area (Å²) in [6, 6.07) is 0. The summed E-state index contributed by atoms with van der Waals surface area (Å²) in [4.78, 5) is 23.8. The number of unbranched alkanes of at least 4 members (excludes halogenated alkanes) is 1. The first-order valence-electron chi connectivity index (χ1n) is 8.61. The van der Waals surface area contributed by atoms with Crippen molar-refractivity contribution < 1.29 is 9.59 Å². The van der Waals surface area contributed by atoms with Crippen molar-refractivity contribution in [1.29, 1.82) is 0 Å². The monoisotopic (exact) mass is 278 g/mol. The van der Waals surface area contributed by atoms with E-state index in [0.29, 0.717) is 30.3 Å². The summed E-state index contributed by atoms with van der Waals surface area (Å²) in [5.74, 6) is 2.15. The second-order valence-corrected chi connectivity index (χ2v) is 7.11. The second kappa shape index (κ2) is 6.87. The van der Waals surface area contributed by atoms with Gasteiger partial charge in [0.1, 0.15) is 11.6 Å². The van der Waals surface area contributed by atoms with Crippen LogP contribution < -0.4 is 0 Å². The van der Waals surface area contributed by atoms with Crippen LogP contribution in [-0.4, -0.2) is 11.6 Å². The number of carbonyl (C=O) groups is 2. The molecule has 2 nitrogen and oxygen atoms in total. The van der Waals surface area contributed by atoms with Crippen molar-refractivity contribution in [3.63, 3.8) is 0 Å². The Balaban J connectivity index is 1.95. The molecule has 2 saturated carbocycles. The third-order valence-corrected chi connectivity index (χ3v) is 6.00. The summed E-state index contributed by atoms with van der Waals surface area (Å²) in [7, 11) is 0. The van der Waals surface area contributed by atoms with Gasteiger partial charge in [-0.1, -0.05) is 39.0 Å². The zero-order chi connectivity index (χ0) is 14.6. The summed E-state index contributed by atoms with van der Waals surface area (Å²) < 4.78 is 0. The number of hydrogen-bond acceptors (Lipinski definition) is 2. The average Bonchev–Trinajstić information content (AvgIpc) is 2.46. The Morgan fingerprint density at radius 3 is 2.25 bits per heavy atom. The van der Waals surface area contributed by atoms with Crippen molar-refractivity contribution in [3.05, 3.63) is 0 Å². The van der Waals surface area contributed by atoms with E-state index in [2.05, 4.69) is 6.92 Å². The Morgan fingerprint density at radius 2 is 1.75 bits per heavy atom. The second-order valence-electron chi connectivity index (χ2n) is 7.11. The molecule has 0 aliphatic heterocycles. The molecule has 0 radical (unpaired) electrons. The Labute approximate surface area is 123 Å². The topological polar surface area (TPSA) is 34.1 Å². The standard InChI is InChI=1S/C18H30O2/c1-3-4-5-15-6-8-16(9-7-15)18(14(2)19)12-10-17(20)11-13-18/h15-16H,3-13H2,1-2H3/t15-,16-. The van der Waals surface area contributed by atoms with E-state index in [0.717, 1.165) is 18.8 Å². The van der Waals surface area contributed by atoms with Crippen LogP contribution in [0.15, 0.2) is 0 Å². The minimum atomic E-state index is -0.149. The van der Waals surface area contributed by atoms with Gasteiger partial charge in [-0.3, -0.25) is 9.59 Å². The quantitative estimate of drug-likeness (QED) is 0.730. The summed E-state index contributed by atoms with van der Waals surface area (Å²) in [6.45, 7) is 4.02. The molecule has 0 bridgehead atoms. The van der Waals surface area contributed by atoms with Crippen LogP contribution in [0.4, 0.5) is 0 Å². The predicted octanol–water partition coefficient (Wildman–Crippen LogP) is 4.70. The highest BCUT2D eigenvalue weighted by atomic mass is 16.1. The fourth-order valence-electron chi connectivity index (χ4n) is 4.52. The lowest BCUT2D eigenvalue weighted by Gasteiger charge is -2.44. The Bertz CT molecular complexity index is 340. The van der Waals surface area contributed by atoms with Crippen molar-refractivity contribution in [2.45, 2.75) is 84.5 Å². The fraction of sp³-hybridized carbons (Fsp3) is 0.889. The van der Waals surface area contributed by atoms with Crippen LogP contribution in [0.25, 0.3) is 0 Å². The maximum Gasteiger partial charge on any atom is 0.136 e. The van der Waals surface area contributed by atoms with Crippen molar-refractivity contribution in [2.75, 3.05) is 0 Å². The molecule has 0 aromatic heterocycles. The molecule has 0 amide bonds. The van der Waals surface area contributed by atoms with Crippen molar-refractivity contribution in [2.24, 2.45) is 17.3 Å². The van der Waals surface area contributed by atoms with Crippen LogP contribution in [-0.2, 0) is 9.59 Å². The van der Waals surface area contributed by atoms with E-state index in [1.807, 2.05) is 0 Å². The van der Waals surface area contributed by atoms with E-state index in [-0.39, 0.29) is 5.41 Å². The summed E-state index contributed by atoms with van der Waals surface area (Å²) >= 11 is 0. The predicted molar refractivity (Wildman–Crippen MR) is 81.6 cm³/mol. The molecule has 2 rings (SSSR count). The van der Waals surface area contributed by atoms with Gasteiger partial charge in [0, 0.05) is 18.3 Å². The Hall–Kier alpha value is -0.660. The highest BCUT2D eigenvalue weighted by Gasteiger charge is 2.45. The summed E-state index contributed by atoms with van der Waals surface area (Å²) in [5.41, 5.74) is -0.149. The smallest absolute Gasteiger partial charge is 0.136 e. The lowest BCUT2D eigenvalue weighted by Crippen LogP contribution is -2.42. The molecule has 0 unspecified atom stereocenters. The minimum Gasteiger partial charge on any atom is -0.300 e. The average molecular weight is 278 g/mol. The Morgan fingerprint density at radius 1 is 1.15 bits per heavy atom. The first-order valence-corrected chi connectivity index (χ1v) is 8.61. The zero-order valence-corrected chi connectivity index (χ0v) is 13.2. The van der Waals surface area contributed by atoms with E-state index >= 15 is 0 Å². The third kappa shape index (κ3) is 3.32. The van der Waals surface area contributed by atoms with Gasteiger partial charge in [0.25, 0.3) is 0 Å². The Kier molecular flexibility index (Phi) is 5.40. The highest BCUT2D eigenvalue weighted by molar-refractivity contribution is 5.87. The van der Waals surface area contributed by atoms with Gasteiger partial charge >= 0.3 is 0 Å². The van der Waals surface area contributed by atoms with E-state index in [9.17, 15) is 9.59 Å². The molecule has 2 fully saturated rings. The molecule has 0 saturated heterocycles. The normalized spacial score (nSPS) is 30.2. The third-order valence-electron chi connectivity index (χ3n) is 6.00. The summed E-state index contributed by atoms with van der Waals surface area (Å²) in [6.07, 6.45) is 11.9. The van der Waals surface area contributed by atoms with Crippen LogP contribution >= 0.6 is 0 Å². The molecule has 2 aliphatic carbocycles. The molecular weight excluding hydrogens is 248 g/mol. The van der Waals surface area contributed by atoms with Crippen LogP contribution in [0.5, 0.6) is 0 Å². The molecular formula is C18H30O2. The number of rotatable bonds is 5. The van der Waals surface area contributed by atoms with Gasteiger partial charge < -0.3 is 0 Å². The van der Waals surface area contributed by atoms with Gasteiger partial charge in [-0.25, -0.2) is 0 Å². The van der Waals surface area contributed by atoms with Gasteiger partial charge in [0.05, 0.1) is 0 Å². The molecule has 20 heavy (non-hydrogen) atoms.